The number of rotatable bonds is 5. The highest BCUT2D eigenvalue weighted by molar-refractivity contribution is 6.30. The summed E-state index contributed by atoms with van der Waals surface area (Å²) in [6.07, 6.45) is 1.30. The first-order valence-corrected chi connectivity index (χ1v) is 6.92. The maximum absolute atomic E-state index is 12.3. The van der Waals surface area contributed by atoms with Crippen LogP contribution in [0.2, 0.25) is 5.02 Å². The fourth-order valence-corrected chi connectivity index (χ4v) is 2.53. The third-order valence-electron chi connectivity index (χ3n) is 3.34. The Labute approximate surface area is 122 Å². The fourth-order valence-electron chi connectivity index (χ4n) is 2.35. The van der Waals surface area contributed by atoms with Gasteiger partial charge in [0.15, 0.2) is 0 Å². The van der Waals surface area contributed by atoms with Crippen molar-refractivity contribution in [2.24, 2.45) is 5.92 Å². The number of aliphatic carboxylic acids is 1. The van der Waals surface area contributed by atoms with Gasteiger partial charge in [-0.05, 0) is 43.6 Å². The lowest BCUT2D eigenvalue weighted by Crippen LogP contribution is -2.37. The van der Waals surface area contributed by atoms with E-state index in [1.807, 2.05) is 0 Å². The van der Waals surface area contributed by atoms with Crippen molar-refractivity contribution in [3.8, 4) is 0 Å². The Hall–Kier alpha value is -1.59. The van der Waals surface area contributed by atoms with Crippen LogP contribution in [0.15, 0.2) is 24.3 Å². The van der Waals surface area contributed by atoms with E-state index in [9.17, 15) is 9.59 Å². The Morgan fingerprint density at radius 2 is 2.25 bits per heavy atom. The van der Waals surface area contributed by atoms with Crippen LogP contribution in [0, 0.1) is 5.92 Å². The standard InChI is InChI=1S/C14H17ClN2O3/c15-11-2-1-3-12(7-11)17(9-14(19)20)13(18)6-10-4-5-16-8-10/h1-3,7,10,16H,4-6,8-9H2,(H,19,20). The van der Waals surface area contributed by atoms with E-state index < -0.39 is 5.97 Å². The summed E-state index contributed by atoms with van der Waals surface area (Å²) in [6.45, 7) is 1.37. The van der Waals surface area contributed by atoms with Crippen LogP contribution < -0.4 is 10.2 Å². The van der Waals surface area contributed by atoms with Crippen LogP contribution >= 0.6 is 11.6 Å². The molecule has 1 aromatic carbocycles. The lowest BCUT2D eigenvalue weighted by Gasteiger charge is -2.22. The predicted octanol–water partition coefficient (Wildman–Crippen LogP) is 1.76. The highest BCUT2D eigenvalue weighted by Crippen LogP contribution is 2.22. The van der Waals surface area contributed by atoms with E-state index in [1.54, 1.807) is 24.3 Å². The van der Waals surface area contributed by atoms with E-state index in [2.05, 4.69) is 5.32 Å². The first kappa shape index (κ1) is 14.8. The quantitative estimate of drug-likeness (QED) is 0.868. The van der Waals surface area contributed by atoms with Gasteiger partial charge in [0.1, 0.15) is 6.54 Å². The van der Waals surface area contributed by atoms with Crippen LogP contribution in [0.4, 0.5) is 5.69 Å². The number of amides is 1. The summed E-state index contributed by atoms with van der Waals surface area (Å²) < 4.78 is 0. The molecule has 108 valence electrons. The second-order valence-electron chi connectivity index (χ2n) is 4.92. The van der Waals surface area contributed by atoms with Crippen molar-refractivity contribution >= 4 is 29.2 Å². The van der Waals surface area contributed by atoms with Crippen LogP contribution in [0.25, 0.3) is 0 Å². The van der Waals surface area contributed by atoms with Crippen LogP contribution in [0.1, 0.15) is 12.8 Å². The summed E-state index contributed by atoms with van der Waals surface area (Å²) in [5, 5.41) is 12.7. The van der Waals surface area contributed by atoms with Gasteiger partial charge >= 0.3 is 5.97 Å². The molecule has 1 aliphatic heterocycles. The van der Waals surface area contributed by atoms with E-state index in [0.29, 0.717) is 17.1 Å². The zero-order valence-electron chi connectivity index (χ0n) is 11.0. The van der Waals surface area contributed by atoms with Gasteiger partial charge in [-0.1, -0.05) is 17.7 Å². The van der Waals surface area contributed by atoms with Crippen LogP contribution in [-0.2, 0) is 9.59 Å². The topological polar surface area (TPSA) is 69.6 Å². The Morgan fingerprint density at radius 3 is 2.85 bits per heavy atom. The molecule has 1 atom stereocenters. The molecule has 0 aromatic heterocycles. The zero-order valence-corrected chi connectivity index (χ0v) is 11.8. The van der Waals surface area contributed by atoms with Crippen LogP contribution in [-0.4, -0.2) is 36.6 Å². The number of benzene rings is 1. The van der Waals surface area contributed by atoms with Crippen LogP contribution in [0.3, 0.4) is 0 Å². The summed E-state index contributed by atoms with van der Waals surface area (Å²) in [5.74, 6) is -0.941. The van der Waals surface area contributed by atoms with E-state index >= 15 is 0 Å². The molecule has 1 unspecified atom stereocenters. The second kappa shape index (κ2) is 6.72. The number of carbonyl (C=O) groups is 2. The van der Waals surface area contributed by atoms with Gasteiger partial charge < -0.3 is 15.3 Å². The maximum atomic E-state index is 12.3. The molecule has 1 saturated heterocycles. The first-order chi connectivity index (χ1) is 9.56. The molecular formula is C14H17ClN2O3. The minimum Gasteiger partial charge on any atom is -0.480 e. The summed E-state index contributed by atoms with van der Waals surface area (Å²) in [5.41, 5.74) is 0.524. The summed E-state index contributed by atoms with van der Waals surface area (Å²) in [6, 6.07) is 6.70. The van der Waals surface area contributed by atoms with Crippen molar-refractivity contribution in [2.75, 3.05) is 24.5 Å². The summed E-state index contributed by atoms with van der Waals surface area (Å²) in [4.78, 5) is 24.6. The van der Waals surface area contributed by atoms with Crippen molar-refractivity contribution in [1.29, 1.82) is 0 Å². The first-order valence-electron chi connectivity index (χ1n) is 6.54. The van der Waals surface area contributed by atoms with Crippen molar-refractivity contribution < 1.29 is 14.7 Å². The zero-order chi connectivity index (χ0) is 14.5. The Balaban J connectivity index is 2.13. The molecule has 1 aliphatic rings. The molecule has 5 nitrogen and oxygen atoms in total. The molecule has 0 radical (unpaired) electrons. The third kappa shape index (κ3) is 3.95. The Bertz CT molecular complexity index is 501. The minimum absolute atomic E-state index is 0.177. The van der Waals surface area contributed by atoms with Gasteiger partial charge in [-0.3, -0.25) is 9.59 Å². The molecule has 2 rings (SSSR count). The van der Waals surface area contributed by atoms with Crippen molar-refractivity contribution in [3.05, 3.63) is 29.3 Å². The Kier molecular flexibility index (Phi) is 4.98. The van der Waals surface area contributed by atoms with Crippen LogP contribution in [0.5, 0.6) is 0 Å². The number of nitrogens with zero attached hydrogens (tertiary/aromatic N) is 1. The highest BCUT2D eigenvalue weighted by atomic mass is 35.5. The molecular weight excluding hydrogens is 280 g/mol. The van der Waals surface area contributed by atoms with E-state index in [1.165, 1.54) is 4.90 Å². The van der Waals surface area contributed by atoms with E-state index in [-0.39, 0.29) is 18.4 Å². The molecule has 0 spiro atoms. The number of nitrogens with one attached hydrogen (secondary N) is 1. The number of anilines is 1. The highest BCUT2D eigenvalue weighted by Gasteiger charge is 2.24. The number of carboxylic acid groups (broad SMARTS) is 1. The normalized spacial score (nSPS) is 17.9. The fraction of sp³-hybridized carbons (Fsp3) is 0.429. The molecule has 1 heterocycles. The molecule has 0 saturated carbocycles. The average molecular weight is 297 g/mol. The van der Waals surface area contributed by atoms with Gasteiger partial charge in [-0.2, -0.15) is 0 Å². The van der Waals surface area contributed by atoms with Gasteiger partial charge in [-0.15, -0.1) is 0 Å². The van der Waals surface area contributed by atoms with Crippen molar-refractivity contribution in [2.45, 2.75) is 12.8 Å². The molecule has 0 bridgehead atoms. The van der Waals surface area contributed by atoms with Gasteiger partial charge in [0, 0.05) is 17.1 Å². The number of hydrogen-bond donors (Lipinski definition) is 2. The lowest BCUT2D eigenvalue weighted by molar-refractivity contribution is -0.136. The summed E-state index contributed by atoms with van der Waals surface area (Å²) in [7, 11) is 0. The third-order valence-corrected chi connectivity index (χ3v) is 3.58. The molecule has 1 fully saturated rings. The number of carboxylic acids is 1. The molecule has 1 aromatic rings. The lowest BCUT2D eigenvalue weighted by atomic mass is 10.0. The maximum Gasteiger partial charge on any atom is 0.323 e. The Morgan fingerprint density at radius 1 is 1.45 bits per heavy atom. The van der Waals surface area contributed by atoms with Crippen molar-refractivity contribution in [3.63, 3.8) is 0 Å². The van der Waals surface area contributed by atoms with Gasteiger partial charge in [0.25, 0.3) is 0 Å². The monoisotopic (exact) mass is 296 g/mol. The molecule has 1 amide bonds. The largest absolute Gasteiger partial charge is 0.480 e. The van der Waals surface area contributed by atoms with Gasteiger partial charge in [0.05, 0.1) is 0 Å². The van der Waals surface area contributed by atoms with Crippen molar-refractivity contribution in [1.82, 2.24) is 5.32 Å². The number of halogens is 1. The van der Waals surface area contributed by atoms with Gasteiger partial charge in [-0.25, -0.2) is 0 Å². The second-order valence-corrected chi connectivity index (χ2v) is 5.35. The molecule has 6 heteroatoms. The smallest absolute Gasteiger partial charge is 0.323 e. The number of carbonyl (C=O) groups excluding carboxylic acids is 1. The SMILES string of the molecule is O=C(O)CN(C(=O)CC1CCNC1)c1cccc(Cl)c1. The van der Waals surface area contributed by atoms with E-state index in [4.69, 9.17) is 16.7 Å². The average Bonchev–Trinajstić information content (AvgIpc) is 2.88. The predicted molar refractivity (Wildman–Crippen MR) is 77.0 cm³/mol. The molecule has 20 heavy (non-hydrogen) atoms. The molecule has 2 N–H and O–H groups in total. The minimum atomic E-state index is -1.04. The number of hydrogen-bond acceptors (Lipinski definition) is 3. The van der Waals surface area contributed by atoms with Gasteiger partial charge in [0.2, 0.25) is 5.91 Å². The van der Waals surface area contributed by atoms with E-state index in [0.717, 1.165) is 19.5 Å². The molecule has 0 aliphatic carbocycles. The summed E-state index contributed by atoms with van der Waals surface area (Å²) >= 11 is 5.91.